The van der Waals surface area contributed by atoms with Crippen molar-refractivity contribution in [2.24, 2.45) is 5.73 Å². The summed E-state index contributed by atoms with van der Waals surface area (Å²) in [6, 6.07) is 0. The van der Waals surface area contributed by atoms with Gasteiger partial charge in [0, 0.05) is 0 Å². The van der Waals surface area contributed by atoms with E-state index in [2.05, 4.69) is 41.7 Å². The first kappa shape index (κ1) is 10.0. The Hall–Kier alpha value is 0.0100. The summed E-state index contributed by atoms with van der Waals surface area (Å²) in [6.07, 6.45) is 6.57. The highest BCUT2D eigenvalue weighted by molar-refractivity contribution is 14.1. The molecule has 0 rings (SSSR count). The van der Waals surface area contributed by atoms with Crippen LogP contribution in [0, 0.1) is 0 Å². The zero-order chi connectivity index (χ0) is 7.98. The van der Waals surface area contributed by atoms with Crippen LogP contribution in [0.4, 0.5) is 0 Å². The highest BCUT2D eigenvalue weighted by Gasteiger charge is 1.85. The third-order valence-corrected chi connectivity index (χ3v) is 2.05. The van der Waals surface area contributed by atoms with E-state index in [0.717, 1.165) is 15.7 Å². The van der Waals surface area contributed by atoms with Gasteiger partial charge in [0.1, 0.15) is 0 Å². The maximum absolute atomic E-state index is 5.53. The normalized spacial score (nSPS) is 13.9. The van der Waals surface area contributed by atoms with Gasteiger partial charge in [-0.05, 0) is 41.5 Å². The number of hydrogen-bond acceptors (Lipinski definition) is 1. The molecule has 0 heterocycles. The van der Waals surface area contributed by atoms with E-state index in [4.69, 9.17) is 5.73 Å². The van der Waals surface area contributed by atoms with Crippen LogP contribution < -0.4 is 5.73 Å². The molecule has 0 fully saturated rings. The van der Waals surface area contributed by atoms with Gasteiger partial charge in [-0.1, -0.05) is 25.5 Å². The molecule has 58 valence electrons. The number of allylic oxidation sites excluding steroid dienone is 3. The Bertz CT molecular complexity index is 143. The second-order valence-electron chi connectivity index (χ2n) is 2.22. The Kier molecular flexibility index (Phi) is 5.78. The Morgan fingerprint density at radius 3 is 2.60 bits per heavy atom. The van der Waals surface area contributed by atoms with Crippen LogP contribution in [0.5, 0.6) is 0 Å². The van der Waals surface area contributed by atoms with Crippen LogP contribution in [0.15, 0.2) is 21.4 Å². The first-order valence-electron chi connectivity index (χ1n) is 3.47. The summed E-state index contributed by atoms with van der Waals surface area (Å²) < 4.78 is 0.880. The van der Waals surface area contributed by atoms with Crippen LogP contribution in [-0.4, -0.2) is 0 Å². The first-order valence-corrected chi connectivity index (χ1v) is 4.54. The third kappa shape index (κ3) is 4.85. The van der Waals surface area contributed by atoms with Crippen molar-refractivity contribution in [3.8, 4) is 0 Å². The van der Waals surface area contributed by atoms with Crippen molar-refractivity contribution in [2.75, 3.05) is 0 Å². The summed E-state index contributed by atoms with van der Waals surface area (Å²) in [5, 5.41) is 0. The molecule has 0 aromatic heterocycles. The molecule has 0 saturated heterocycles. The van der Waals surface area contributed by atoms with Gasteiger partial charge in [-0.15, -0.1) is 0 Å². The van der Waals surface area contributed by atoms with Gasteiger partial charge < -0.3 is 5.73 Å². The molecule has 0 amide bonds. The lowest BCUT2D eigenvalue weighted by molar-refractivity contribution is 0.957. The zero-order valence-electron chi connectivity index (χ0n) is 6.52. The van der Waals surface area contributed by atoms with Crippen molar-refractivity contribution >= 4 is 22.6 Å². The van der Waals surface area contributed by atoms with Gasteiger partial charge in [0.25, 0.3) is 0 Å². The summed E-state index contributed by atoms with van der Waals surface area (Å²) in [7, 11) is 0. The topological polar surface area (TPSA) is 26.0 Å². The Balaban J connectivity index is 3.78. The number of hydrogen-bond donors (Lipinski definition) is 1. The van der Waals surface area contributed by atoms with E-state index in [1.807, 2.05) is 6.92 Å². The van der Waals surface area contributed by atoms with Gasteiger partial charge in [0.15, 0.2) is 0 Å². The van der Waals surface area contributed by atoms with Crippen LogP contribution in [0.2, 0.25) is 0 Å². The Morgan fingerprint density at radius 1 is 1.60 bits per heavy atom. The first-order chi connectivity index (χ1) is 4.68. The molecule has 0 unspecified atom stereocenters. The predicted octanol–water partition coefficient (Wildman–Crippen LogP) is 2.97. The molecular formula is C8H14IN. The van der Waals surface area contributed by atoms with Crippen molar-refractivity contribution < 1.29 is 0 Å². The standard InChI is InChI=1S/C8H14IN/c1-3-4-5-6-7(2)8(9)10/h5-6H,3-4,10H2,1-2H3/b6-5-,8-7-. The minimum absolute atomic E-state index is 0.880. The van der Waals surface area contributed by atoms with Crippen LogP contribution in [-0.2, 0) is 0 Å². The van der Waals surface area contributed by atoms with Crippen LogP contribution in [0.1, 0.15) is 26.7 Å². The molecule has 0 aliphatic carbocycles. The second kappa shape index (κ2) is 5.77. The van der Waals surface area contributed by atoms with Gasteiger partial charge in [0.05, 0.1) is 3.70 Å². The van der Waals surface area contributed by atoms with E-state index in [9.17, 15) is 0 Å². The average molecular weight is 251 g/mol. The van der Waals surface area contributed by atoms with Crippen molar-refractivity contribution in [3.63, 3.8) is 0 Å². The Labute approximate surface area is 76.5 Å². The van der Waals surface area contributed by atoms with Gasteiger partial charge in [-0.2, -0.15) is 0 Å². The highest BCUT2D eigenvalue weighted by atomic mass is 127. The number of halogens is 1. The number of nitrogens with two attached hydrogens (primary N) is 1. The molecule has 0 aliphatic heterocycles. The minimum atomic E-state index is 0.880. The molecule has 0 saturated carbocycles. The van der Waals surface area contributed by atoms with Crippen LogP contribution >= 0.6 is 22.6 Å². The SMILES string of the molecule is CCC/C=C\C(C)=C(/N)I. The molecule has 2 N–H and O–H groups in total. The molecule has 1 nitrogen and oxygen atoms in total. The molecular weight excluding hydrogens is 237 g/mol. The lowest BCUT2D eigenvalue weighted by atomic mass is 10.2. The van der Waals surface area contributed by atoms with E-state index >= 15 is 0 Å². The maximum atomic E-state index is 5.53. The van der Waals surface area contributed by atoms with E-state index < -0.39 is 0 Å². The van der Waals surface area contributed by atoms with Gasteiger partial charge in [0.2, 0.25) is 0 Å². The van der Waals surface area contributed by atoms with Gasteiger partial charge >= 0.3 is 0 Å². The minimum Gasteiger partial charge on any atom is -0.394 e. The van der Waals surface area contributed by atoms with E-state index in [1.54, 1.807) is 0 Å². The molecule has 0 radical (unpaired) electrons. The average Bonchev–Trinajstić information content (AvgIpc) is 1.88. The second-order valence-corrected chi connectivity index (χ2v) is 3.38. The maximum Gasteiger partial charge on any atom is 0.0735 e. The van der Waals surface area contributed by atoms with Crippen molar-refractivity contribution in [2.45, 2.75) is 26.7 Å². The smallest absolute Gasteiger partial charge is 0.0735 e. The molecule has 0 atom stereocenters. The summed E-state index contributed by atoms with van der Waals surface area (Å²) in [6.45, 7) is 4.19. The predicted molar refractivity (Wildman–Crippen MR) is 55.0 cm³/mol. The summed E-state index contributed by atoms with van der Waals surface area (Å²) in [5.74, 6) is 0. The summed E-state index contributed by atoms with van der Waals surface area (Å²) in [5.41, 5.74) is 6.69. The third-order valence-electron chi connectivity index (χ3n) is 1.20. The molecule has 0 aromatic rings. The van der Waals surface area contributed by atoms with Gasteiger partial charge in [-0.25, -0.2) is 0 Å². The lowest BCUT2D eigenvalue weighted by Crippen LogP contribution is -1.89. The number of rotatable bonds is 3. The molecule has 2 heteroatoms. The van der Waals surface area contributed by atoms with E-state index in [1.165, 1.54) is 6.42 Å². The van der Waals surface area contributed by atoms with Crippen molar-refractivity contribution in [3.05, 3.63) is 21.4 Å². The van der Waals surface area contributed by atoms with Crippen molar-refractivity contribution in [1.29, 1.82) is 0 Å². The molecule has 0 aliphatic rings. The van der Waals surface area contributed by atoms with Gasteiger partial charge in [-0.3, -0.25) is 0 Å². The summed E-state index contributed by atoms with van der Waals surface area (Å²) in [4.78, 5) is 0. The molecule has 0 bridgehead atoms. The fourth-order valence-electron chi connectivity index (χ4n) is 0.506. The molecule has 0 aromatic carbocycles. The van der Waals surface area contributed by atoms with E-state index in [-0.39, 0.29) is 0 Å². The monoisotopic (exact) mass is 251 g/mol. The van der Waals surface area contributed by atoms with Crippen LogP contribution in [0.3, 0.4) is 0 Å². The molecule has 0 spiro atoms. The van der Waals surface area contributed by atoms with E-state index in [0.29, 0.717) is 0 Å². The summed E-state index contributed by atoms with van der Waals surface area (Å²) >= 11 is 2.13. The van der Waals surface area contributed by atoms with Crippen molar-refractivity contribution in [1.82, 2.24) is 0 Å². The largest absolute Gasteiger partial charge is 0.394 e. The Morgan fingerprint density at radius 2 is 2.20 bits per heavy atom. The fourth-order valence-corrected chi connectivity index (χ4v) is 0.686. The number of unbranched alkanes of at least 4 members (excludes halogenated alkanes) is 1. The highest BCUT2D eigenvalue weighted by Crippen LogP contribution is 2.06. The fraction of sp³-hybridized carbons (Fsp3) is 0.500. The quantitative estimate of drug-likeness (QED) is 0.465. The zero-order valence-corrected chi connectivity index (χ0v) is 8.68. The molecule has 10 heavy (non-hydrogen) atoms. The lowest BCUT2D eigenvalue weighted by Gasteiger charge is -1.92. The van der Waals surface area contributed by atoms with Crippen LogP contribution in [0.25, 0.3) is 0 Å².